The molecule has 96 valence electrons. The van der Waals surface area contributed by atoms with Crippen LogP contribution < -0.4 is 5.73 Å². The molecule has 1 aliphatic heterocycles. The van der Waals surface area contributed by atoms with Gasteiger partial charge in [-0.1, -0.05) is 11.6 Å². The maximum atomic E-state index is 5.99. The van der Waals surface area contributed by atoms with Gasteiger partial charge in [0.25, 0.3) is 0 Å². The molecule has 7 heteroatoms. The zero-order chi connectivity index (χ0) is 11.5. The lowest BCUT2D eigenvalue weighted by Gasteiger charge is -2.15. The first-order chi connectivity index (χ1) is 7.69. The molecular formula is C10H15Cl3N4. The Bertz CT molecular complexity index is 375. The van der Waals surface area contributed by atoms with E-state index < -0.39 is 0 Å². The summed E-state index contributed by atoms with van der Waals surface area (Å²) in [5.74, 6) is 0.604. The summed E-state index contributed by atoms with van der Waals surface area (Å²) < 4.78 is 0. The first kappa shape index (κ1) is 14.9. The Labute approximate surface area is 117 Å². The summed E-state index contributed by atoms with van der Waals surface area (Å²) in [7, 11) is 0. The van der Waals surface area contributed by atoms with Crippen molar-refractivity contribution in [3.05, 3.63) is 22.2 Å². The lowest BCUT2D eigenvalue weighted by atomic mass is 10.1. The molecule has 4 nitrogen and oxygen atoms in total. The Morgan fingerprint density at radius 2 is 2.24 bits per heavy atom. The van der Waals surface area contributed by atoms with Gasteiger partial charge in [-0.2, -0.15) is 0 Å². The standard InChI is InChI=1S/C10H14Cl2N4.ClH/c11-9-8(4-14-10(12)15-9)6-16-2-1-7(3-13)5-16;/h4,7H,1-3,5-6,13H2;1H. The highest BCUT2D eigenvalue weighted by molar-refractivity contribution is 6.32. The van der Waals surface area contributed by atoms with Gasteiger partial charge in [0.2, 0.25) is 5.28 Å². The van der Waals surface area contributed by atoms with Crippen LogP contribution in [0.5, 0.6) is 0 Å². The number of likely N-dealkylation sites (tertiary alicyclic amines) is 1. The summed E-state index contributed by atoms with van der Waals surface area (Å²) in [5.41, 5.74) is 6.56. The maximum absolute atomic E-state index is 5.99. The van der Waals surface area contributed by atoms with Crippen molar-refractivity contribution in [2.45, 2.75) is 13.0 Å². The Hall–Kier alpha value is -0.130. The number of halogens is 3. The van der Waals surface area contributed by atoms with Gasteiger partial charge >= 0.3 is 0 Å². The van der Waals surface area contributed by atoms with Gasteiger partial charge in [0, 0.05) is 24.8 Å². The molecule has 0 radical (unpaired) electrons. The van der Waals surface area contributed by atoms with Crippen LogP contribution in [0.3, 0.4) is 0 Å². The van der Waals surface area contributed by atoms with Crippen molar-refractivity contribution in [3.63, 3.8) is 0 Å². The molecule has 0 saturated carbocycles. The van der Waals surface area contributed by atoms with Gasteiger partial charge in [-0.05, 0) is 37.0 Å². The van der Waals surface area contributed by atoms with Crippen LogP contribution in [0.15, 0.2) is 6.20 Å². The molecule has 0 bridgehead atoms. The van der Waals surface area contributed by atoms with Crippen molar-refractivity contribution >= 4 is 35.6 Å². The number of nitrogens with zero attached hydrogens (tertiary/aromatic N) is 3. The normalized spacial score (nSPS) is 20.3. The number of rotatable bonds is 3. The van der Waals surface area contributed by atoms with E-state index >= 15 is 0 Å². The molecule has 1 aliphatic rings. The third kappa shape index (κ3) is 3.93. The van der Waals surface area contributed by atoms with Crippen LogP contribution in [0.25, 0.3) is 0 Å². The van der Waals surface area contributed by atoms with Crippen molar-refractivity contribution in [1.29, 1.82) is 0 Å². The molecule has 0 aliphatic carbocycles. The predicted octanol–water partition coefficient (Wildman–Crippen LogP) is 1.99. The van der Waals surface area contributed by atoms with Crippen LogP contribution in [0, 0.1) is 5.92 Å². The molecule has 2 N–H and O–H groups in total. The third-order valence-electron chi connectivity index (χ3n) is 2.88. The van der Waals surface area contributed by atoms with Gasteiger partial charge in [-0.15, -0.1) is 12.4 Å². The number of nitrogens with two attached hydrogens (primary N) is 1. The van der Waals surface area contributed by atoms with E-state index in [0.717, 1.165) is 38.2 Å². The van der Waals surface area contributed by atoms with Crippen LogP contribution in [-0.4, -0.2) is 34.5 Å². The Kier molecular flexibility index (Phi) is 5.89. The fraction of sp³-hybridized carbons (Fsp3) is 0.600. The van der Waals surface area contributed by atoms with E-state index in [1.807, 2.05) is 0 Å². The molecule has 1 atom stereocenters. The van der Waals surface area contributed by atoms with Gasteiger partial charge < -0.3 is 5.73 Å². The summed E-state index contributed by atoms with van der Waals surface area (Å²) in [4.78, 5) is 10.2. The fourth-order valence-corrected chi connectivity index (χ4v) is 2.33. The van der Waals surface area contributed by atoms with E-state index in [-0.39, 0.29) is 17.7 Å². The topological polar surface area (TPSA) is 55.0 Å². The Balaban J connectivity index is 0.00000144. The van der Waals surface area contributed by atoms with E-state index in [4.69, 9.17) is 28.9 Å². The predicted molar refractivity (Wildman–Crippen MR) is 71.7 cm³/mol. The molecule has 17 heavy (non-hydrogen) atoms. The number of hydrogen-bond donors (Lipinski definition) is 1. The van der Waals surface area contributed by atoms with Gasteiger partial charge in [0.1, 0.15) is 5.15 Å². The molecule has 2 heterocycles. The minimum atomic E-state index is 0. The van der Waals surface area contributed by atoms with Crippen LogP contribution in [0.1, 0.15) is 12.0 Å². The van der Waals surface area contributed by atoms with E-state index in [0.29, 0.717) is 11.1 Å². The highest BCUT2D eigenvalue weighted by Crippen LogP contribution is 2.21. The smallest absolute Gasteiger partial charge is 0.223 e. The molecule has 0 amide bonds. The van der Waals surface area contributed by atoms with Gasteiger partial charge in [0.05, 0.1) is 0 Å². The maximum Gasteiger partial charge on any atom is 0.223 e. The molecule has 1 aromatic heterocycles. The number of hydrogen-bond acceptors (Lipinski definition) is 4. The quantitative estimate of drug-likeness (QED) is 0.685. The highest BCUT2D eigenvalue weighted by atomic mass is 35.5. The molecule has 1 fully saturated rings. The molecule has 1 saturated heterocycles. The Morgan fingerprint density at radius 1 is 1.47 bits per heavy atom. The second-order valence-corrected chi connectivity index (χ2v) is 4.78. The zero-order valence-corrected chi connectivity index (χ0v) is 11.6. The first-order valence-corrected chi connectivity index (χ1v) is 6.04. The SMILES string of the molecule is Cl.NCC1CCN(Cc2cnc(Cl)nc2Cl)C1. The first-order valence-electron chi connectivity index (χ1n) is 5.28. The second kappa shape index (κ2) is 6.71. The molecule has 0 aromatic carbocycles. The van der Waals surface area contributed by atoms with Crippen LogP contribution in [0.2, 0.25) is 10.4 Å². The van der Waals surface area contributed by atoms with E-state index in [1.54, 1.807) is 6.20 Å². The summed E-state index contributed by atoms with van der Waals surface area (Å²) in [5, 5.41) is 0.631. The lowest BCUT2D eigenvalue weighted by molar-refractivity contribution is 0.317. The van der Waals surface area contributed by atoms with Crippen molar-refractivity contribution in [1.82, 2.24) is 14.9 Å². The molecule has 0 spiro atoms. The van der Waals surface area contributed by atoms with Crippen molar-refractivity contribution < 1.29 is 0 Å². The van der Waals surface area contributed by atoms with E-state index in [2.05, 4.69) is 14.9 Å². The van der Waals surface area contributed by atoms with E-state index in [9.17, 15) is 0 Å². The fourth-order valence-electron chi connectivity index (χ4n) is 1.96. The summed E-state index contributed by atoms with van der Waals surface area (Å²) >= 11 is 11.6. The average molecular weight is 298 g/mol. The molecule has 1 aromatic rings. The Morgan fingerprint density at radius 3 is 2.82 bits per heavy atom. The summed E-state index contributed by atoms with van der Waals surface area (Å²) in [6, 6.07) is 0. The van der Waals surface area contributed by atoms with Gasteiger partial charge in [0.15, 0.2) is 0 Å². The molecule has 1 unspecified atom stereocenters. The van der Waals surface area contributed by atoms with Crippen LogP contribution in [0.4, 0.5) is 0 Å². The summed E-state index contributed by atoms with van der Waals surface area (Å²) in [6.45, 7) is 3.60. The highest BCUT2D eigenvalue weighted by Gasteiger charge is 2.21. The van der Waals surface area contributed by atoms with Crippen molar-refractivity contribution in [2.75, 3.05) is 19.6 Å². The average Bonchev–Trinajstić information content (AvgIpc) is 2.70. The molecular weight excluding hydrogens is 282 g/mol. The zero-order valence-electron chi connectivity index (χ0n) is 9.27. The minimum Gasteiger partial charge on any atom is -0.330 e. The molecule has 2 rings (SSSR count). The van der Waals surface area contributed by atoms with E-state index in [1.165, 1.54) is 0 Å². The van der Waals surface area contributed by atoms with Crippen LogP contribution >= 0.6 is 35.6 Å². The van der Waals surface area contributed by atoms with Crippen LogP contribution in [-0.2, 0) is 6.54 Å². The summed E-state index contributed by atoms with van der Waals surface area (Å²) in [6.07, 6.45) is 2.84. The van der Waals surface area contributed by atoms with Crippen molar-refractivity contribution in [3.8, 4) is 0 Å². The number of aromatic nitrogens is 2. The largest absolute Gasteiger partial charge is 0.330 e. The van der Waals surface area contributed by atoms with Gasteiger partial charge in [-0.25, -0.2) is 9.97 Å². The van der Waals surface area contributed by atoms with Crippen molar-refractivity contribution in [2.24, 2.45) is 11.7 Å². The third-order valence-corrected chi connectivity index (χ3v) is 3.39. The monoisotopic (exact) mass is 296 g/mol. The lowest BCUT2D eigenvalue weighted by Crippen LogP contribution is -2.23. The van der Waals surface area contributed by atoms with Gasteiger partial charge in [-0.3, -0.25) is 4.90 Å². The minimum absolute atomic E-state index is 0. The second-order valence-electron chi connectivity index (χ2n) is 4.08.